The summed E-state index contributed by atoms with van der Waals surface area (Å²) in [5.74, 6) is -0.853. The van der Waals surface area contributed by atoms with Gasteiger partial charge in [0.15, 0.2) is 11.5 Å². The van der Waals surface area contributed by atoms with Gasteiger partial charge in [0.2, 0.25) is 0 Å². The molecule has 1 aliphatic carbocycles. The molecular formula is C23H24FN5O3. The molecule has 3 aromatic rings. The number of ether oxygens (including phenoxy) is 1. The minimum absolute atomic E-state index is 0.0757. The van der Waals surface area contributed by atoms with E-state index in [9.17, 15) is 14.0 Å². The third kappa shape index (κ3) is 4.34. The maximum Gasteiger partial charge on any atom is 0.273 e. The zero-order chi connectivity index (χ0) is 22.2. The highest BCUT2D eigenvalue weighted by Gasteiger charge is 2.29. The van der Waals surface area contributed by atoms with Crippen LogP contribution in [-0.2, 0) is 13.0 Å². The third-order valence-electron chi connectivity index (χ3n) is 5.78. The van der Waals surface area contributed by atoms with Gasteiger partial charge in [-0.1, -0.05) is 6.92 Å². The Balaban J connectivity index is 1.16. The number of likely N-dealkylation sites (tertiary alicyclic amines) is 1. The van der Waals surface area contributed by atoms with Crippen LogP contribution < -0.4 is 15.6 Å². The lowest BCUT2D eigenvalue weighted by Crippen LogP contribution is -2.53. The number of fused-ring (bicyclic) bond motifs is 1. The average molecular weight is 437 g/mol. The minimum Gasteiger partial charge on any atom is -0.486 e. The van der Waals surface area contributed by atoms with Gasteiger partial charge >= 0.3 is 0 Å². The van der Waals surface area contributed by atoms with Gasteiger partial charge in [-0.05, 0) is 37.0 Å². The van der Waals surface area contributed by atoms with E-state index in [1.807, 2.05) is 25.3 Å². The first-order valence-corrected chi connectivity index (χ1v) is 10.8. The number of pyridine rings is 3. The minimum atomic E-state index is -0.681. The molecular weight excluding hydrogens is 413 g/mol. The summed E-state index contributed by atoms with van der Waals surface area (Å²) in [6.07, 6.45) is 5.66. The van der Waals surface area contributed by atoms with E-state index in [1.165, 1.54) is 12.3 Å². The number of nitrogens with one attached hydrogen (secondary N) is 2. The number of hydrogen-bond acceptors (Lipinski definition) is 6. The van der Waals surface area contributed by atoms with E-state index in [0.717, 1.165) is 35.0 Å². The van der Waals surface area contributed by atoms with Crippen molar-refractivity contribution in [3.05, 3.63) is 63.6 Å². The number of halogens is 1. The number of aromatic amines is 1. The van der Waals surface area contributed by atoms with E-state index in [4.69, 9.17) is 4.74 Å². The van der Waals surface area contributed by atoms with Crippen LogP contribution in [0.15, 0.2) is 35.4 Å². The second-order valence-electron chi connectivity index (χ2n) is 8.44. The van der Waals surface area contributed by atoms with Crippen LogP contribution in [0.3, 0.4) is 0 Å². The molecule has 2 N–H and O–H groups in total. The van der Waals surface area contributed by atoms with Crippen molar-refractivity contribution in [3.8, 4) is 5.75 Å². The molecule has 1 saturated carbocycles. The van der Waals surface area contributed by atoms with Gasteiger partial charge in [-0.15, -0.1) is 0 Å². The molecule has 166 valence electrons. The molecule has 9 heteroatoms. The summed E-state index contributed by atoms with van der Waals surface area (Å²) in [5.41, 5.74) is 2.95. The van der Waals surface area contributed by atoms with E-state index in [-0.39, 0.29) is 23.4 Å². The van der Waals surface area contributed by atoms with Crippen molar-refractivity contribution in [2.45, 2.75) is 44.9 Å². The molecule has 0 radical (unpaired) electrons. The molecule has 1 amide bonds. The van der Waals surface area contributed by atoms with Crippen LogP contribution in [0.4, 0.5) is 4.39 Å². The first-order chi connectivity index (χ1) is 15.5. The largest absolute Gasteiger partial charge is 0.486 e. The van der Waals surface area contributed by atoms with Crippen molar-refractivity contribution >= 4 is 16.9 Å². The van der Waals surface area contributed by atoms with Gasteiger partial charge in [0, 0.05) is 43.5 Å². The molecule has 4 heterocycles. The van der Waals surface area contributed by atoms with Crippen molar-refractivity contribution in [2.75, 3.05) is 13.1 Å². The van der Waals surface area contributed by atoms with Gasteiger partial charge in [-0.25, -0.2) is 9.37 Å². The quantitative estimate of drug-likeness (QED) is 0.588. The summed E-state index contributed by atoms with van der Waals surface area (Å²) in [6.45, 7) is 3.97. The highest BCUT2D eigenvalue weighted by Crippen LogP contribution is 2.23. The topological polar surface area (TPSA) is 100 Å². The van der Waals surface area contributed by atoms with E-state index in [1.54, 1.807) is 0 Å². The fourth-order valence-corrected chi connectivity index (χ4v) is 3.83. The smallest absolute Gasteiger partial charge is 0.273 e. The van der Waals surface area contributed by atoms with Gasteiger partial charge in [-0.2, -0.15) is 0 Å². The number of amides is 1. The maximum absolute atomic E-state index is 14.3. The van der Waals surface area contributed by atoms with Gasteiger partial charge in [-0.3, -0.25) is 19.5 Å². The molecule has 0 atom stereocenters. The Kier molecular flexibility index (Phi) is 5.34. The highest BCUT2D eigenvalue weighted by molar-refractivity contribution is 5.93. The van der Waals surface area contributed by atoms with Crippen molar-refractivity contribution < 1.29 is 13.9 Å². The van der Waals surface area contributed by atoms with Crippen LogP contribution in [0, 0.1) is 5.82 Å². The van der Waals surface area contributed by atoms with Gasteiger partial charge in [0.05, 0.1) is 17.2 Å². The summed E-state index contributed by atoms with van der Waals surface area (Å²) in [6, 6.07) is 5.14. The molecule has 32 heavy (non-hydrogen) atoms. The molecule has 8 nitrogen and oxygen atoms in total. The van der Waals surface area contributed by atoms with Crippen molar-refractivity contribution in [2.24, 2.45) is 0 Å². The molecule has 5 rings (SSSR count). The lowest BCUT2D eigenvalue weighted by atomic mass is 10.1. The molecule has 0 spiro atoms. The predicted octanol–water partition coefficient (Wildman–Crippen LogP) is 2.17. The Morgan fingerprint density at radius 1 is 1.25 bits per heavy atom. The Bertz CT molecular complexity index is 1230. The number of aryl methyl sites for hydroxylation is 1. The summed E-state index contributed by atoms with van der Waals surface area (Å²) in [5, 5.41) is 2.73. The number of carbonyl (C=O) groups is 1. The highest BCUT2D eigenvalue weighted by atomic mass is 19.1. The fourth-order valence-electron chi connectivity index (χ4n) is 3.83. The van der Waals surface area contributed by atoms with Crippen molar-refractivity contribution in [1.82, 2.24) is 25.2 Å². The molecule has 1 saturated heterocycles. The van der Waals surface area contributed by atoms with Crippen LogP contribution in [-0.4, -0.2) is 51.0 Å². The number of nitrogens with zero attached hydrogens (tertiary/aromatic N) is 3. The van der Waals surface area contributed by atoms with Gasteiger partial charge in [0.25, 0.3) is 11.5 Å². The normalized spacial score (nSPS) is 16.7. The Morgan fingerprint density at radius 2 is 2.06 bits per heavy atom. The number of hydrogen-bond donors (Lipinski definition) is 2. The van der Waals surface area contributed by atoms with Crippen LogP contribution in [0.1, 0.15) is 41.4 Å². The number of aromatic nitrogens is 3. The van der Waals surface area contributed by atoms with E-state index in [0.29, 0.717) is 31.8 Å². The predicted molar refractivity (Wildman–Crippen MR) is 116 cm³/mol. The van der Waals surface area contributed by atoms with Crippen LogP contribution >= 0.6 is 0 Å². The fraction of sp³-hybridized carbons (Fsp3) is 0.391. The van der Waals surface area contributed by atoms with E-state index in [2.05, 4.69) is 25.2 Å². The second kappa shape index (κ2) is 8.31. The number of H-pyrrole nitrogens is 1. The SMILES string of the molecule is CCc1cc2ncc(CN3CC(Oc4cnc(C(=O)NC5CC5)c(F)c4)C3)cc2[nH]c1=O. The average Bonchev–Trinajstić information content (AvgIpc) is 3.55. The Hall–Kier alpha value is -3.33. The van der Waals surface area contributed by atoms with Crippen LogP contribution in [0.5, 0.6) is 5.75 Å². The molecule has 0 bridgehead atoms. The maximum atomic E-state index is 14.3. The Labute approximate surface area is 183 Å². The molecule has 0 aromatic carbocycles. The van der Waals surface area contributed by atoms with E-state index >= 15 is 0 Å². The summed E-state index contributed by atoms with van der Waals surface area (Å²) in [7, 11) is 0. The van der Waals surface area contributed by atoms with Crippen molar-refractivity contribution in [1.29, 1.82) is 0 Å². The van der Waals surface area contributed by atoms with E-state index < -0.39 is 11.7 Å². The lowest BCUT2D eigenvalue weighted by Gasteiger charge is -2.38. The summed E-state index contributed by atoms with van der Waals surface area (Å²) in [4.78, 5) is 37.5. The Morgan fingerprint density at radius 3 is 2.78 bits per heavy atom. The lowest BCUT2D eigenvalue weighted by molar-refractivity contribution is 0.0141. The van der Waals surface area contributed by atoms with Crippen LogP contribution in [0.25, 0.3) is 11.0 Å². The summed E-state index contributed by atoms with van der Waals surface area (Å²) < 4.78 is 20.1. The molecule has 2 aliphatic rings. The van der Waals surface area contributed by atoms with Crippen molar-refractivity contribution in [3.63, 3.8) is 0 Å². The third-order valence-corrected chi connectivity index (χ3v) is 5.78. The first-order valence-electron chi connectivity index (χ1n) is 10.8. The number of carbonyl (C=O) groups excluding carboxylic acids is 1. The molecule has 1 aliphatic heterocycles. The molecule has 3 aromatic heterocycles. The second-order valence-corrected chi connectivity index (χ2v) is 8.44. The standard InChI is InChI=1S/C23H24FN5O3/c1-2-14-6-19-20(28-22(14)30)5-13(8-25-19)10-29-11-17(12-29)32-16-7-18(24)21(26-9-16)23(31)27-15-3-4-15/h5-9,15,17H,2-4,10-12H2,1H3,(H,27,31)(H,28,30). The molecule has 2 fully saturated rings. The number of rotatable bonds is 7. The molecule has 0 unspecified atom stereocenters. The van der Waals surface area contributed by atoms with Gasteiger partial charge in [0.1, 0.15) is 11.9 Å². The monoisotopic (exact) mass is 437 g/mol. The van der Waals surface area contributed by atoms with Crippen LogP contribution in [0.2, 0.25) is 0 Å². The zero-order valence-corrected chi connectivity index (χ0v) is 17.7. The zero-order valence-electron chi connectivity index (χ0n) is 17.7. The van der Waals surface area contributed by atoms with Gasteiger partial charge < -0.3 is 15.0 Å². The summed E-state index contributed by atoms with van der Waals surface area (Å²) >= 11 is 0. The first kappa shape index (κ1) is 20.6.